The highest BCUT2D eigenvalue weighted by Gasteiger charge is 2.25. The minimum atomic E-state index is -0.852. The molecule has 1 aliphatic rings. The molecular weight excluding hydrogens is 637 g/mol. The summed E-state index contributed by atoms with van der Waals surface area (Å²) in [5.74, 6) is 0. The molecule has 0 amide bonds. The Morgan fingerprint density at radius 2 is 0.906 bits per heavy atom. The van der Waals surface area contributed by atoms with Crippen LogP contribution in [-0.4, -0.2) is 0 Å². The number of hydrogen-bond donors (Lipinski definition) is 0. The van der Waals surface area contributed by atoms with Crippen LogP contribution in [-0.2, 0) is 6.42 Å². The van der Waals surface area contributed by atoms with E-state index < -0.39 is 164 Å². The van der Waals surface area contributed by atoms with Crippen molar-refractivity contribution >= 4 is 43.1 Å². The molecule has 0 fully saturated rings. The summed E-state index contributed by atoms with van der Waals surface area (Å²) in [7, 11) is 0. The van der Waals surface area contributed by atoms with Crippen LogP contribution in [0.5, 0.6) is 0 Å². The maximum atomic E-state index is 9.72. The van der Waals surface area contributed by atoms with Crippen molar-refractivity contribution in [3.63, 3.8) is 0 Å². The highest BCUT2D eigenvalue weighted by Crippen LogP contribution is 2.49. The van der Waals surface area contributed by atoms with Crippen LogP contribution in [0.2, 0.25) is 0 Å². The average Bonchev–Trinajstić information content (AvgIpc) is 3.76. The summed E-state index contributed by atoms with van der Waals surface area (Å²) >= 11 is 0. The molecule has 0 saturated carbocycles. The first-order valence-corrected chi connectivity index (χ1v) is 17.0. The van der Waals surface area contributed by atoms with Gasteiger partial charge in [0.05, 0.1) is 26.0 Å². The van der Waals surface area contributed by atoms with Crippen LogP contribution in [0.1, 0.15) is 37.2 Å². The molecule has 0 unspecified atom stereocenters. The van der Waals surface area contributed by atoms with Gasteiger partial charge in [-0.15, -0.1) is 0 Å². The summed E-state index contributed by atoms with van der Waals surface area (Å²) in [5.41, 5.74) is 3.59. The third-order valence-corrected chi connectivity index (χ3v) is 10.2. The van der Waals surface area contributed by atoms with Crippen molar-refractivity contribution in [1.29, 1.82) is 0 Å². The molecule has 0 atom stereocenters. The zero-order valence-corrected chi connectivity index (χ0v) is 27.7. The summed E-state index contributed by atoms with van der Waals surface area (Å²) in [6, 6.07) is 10.4. The lowest BCUT2D eigenvalue weighted by Crippen LogP contribution is -1.93. The highest BCUT2D eigenvalue weighted by atomic mass is 14.3. The summed E-state index contributed by atoms with van der Waals surface area (Å²) in [6.07, 6.45) is 0.535. The van der Waals surface area contributed by atoms with Crippen molar-refractivity contribution in [2.24, 2.45) is 0 Å². The third-order valence-electron chi connectivity index (χ3n) is 10.2. The number of rotatable bonds is 4. The zero-order valence-electron chi connectivity index (χ0n) is 46.7. The van der Waals surface area contributed by atoms with E-state index in [1.54, 1.807) is 12.1 Å². The Bertz CT molecular complexity index is 4090. The first-order chi connectivity index (χ1) is 34.2. The Balaban J connectivity index is 1.35. The van der Waals surface area contributed by atoms with Crippen molar-refractivity contribution < 1.29 is 26.0 Å². The Kier molecular flexibility index (Phi) is 3.76. The monoisotopic (exact) mass is 689 g/mol. The van der Waals surface area contributed by atoms with Gasteiger partial charge in [-0.3, -0.25) is 0 Å². The molecule has 246 valence electrons. The quantitative estimate of drug-likeness (QED) is 0.161. The van der Waals surface area contributed by atoms with Gasteiger partial charge in [0.2, 0.25) is 0 Å². The van der Waals surface area contributed by atoms with E-state index in [0.29, 0.717) is 6.42 Å². The van der Waals surface area contributed by atoms with Gasteiger partial charge in [-0.2, -0.15) is 0 Å². The molecule has 0 bridgehead atoms. The van der Waals surface area contributed by atoms with Gasteiger partial charge in [-0.1, -0.05) is 188 Å². The van der Waals surface area contributed by atoms with Gasteiger partial charge in [0.25, 0.3) is 0 Å². The maximum Gasteiger partial charge on any atom is 0.0629 e. The van der Waals surface area contributed by atoms with Crippen LogP contribution in [0.3, 0.4) is 0 Å². The molecule has 0 aliphatic heterocycles. The van der Waals surface area contributed by atoms with Gasteiger partial charge in [0.1, 0.15) is 0 Å². The Labute approximate surface area is 335 Å². The topological polar surface area (TPSA) is 0 Å². The lowest BCUT2D eigenvalue weighted by molar-refractivity contribution is 1.26. The average molecular weight is 690 g/mol. The lowest BCUT2D eigenvalue weighted by atomic mass is 9.82. The summed E-state index contributed by atoms with van der Waals surface area (Å²) < 4.78 is 174. The van der Waals surface area contributed by atoms with E-state index in [4.69, 9.17) is 16.4 Å². The molecule has 1 aliphatic carbocycles. The summed E-state index contributed by atoms with van der Waals surface area (Å²) in [4.78, 5) is 0. The van der Waals surface area contributed by atoms with E-state index in [9.17, 15) is 9.60 Å². The maximum absolute atomic E-state index is 9.72. The molecular formula is C53H34. The summed E-state index contributed by atoms with van der Waals surface area (Å²) in [5, 5.41) is -1.08. The second-order valence-electron chi connectivity index (χ2n) is 12.9. The highest BCUT2D eigenvalue weighted by molar-refractivity contribution is 6.24. The Hall–Kier alpha value is -6.76. The van der Waals surface area contributed by atoms with Crippen LogP contribution < -0.4 is 0 Å². The minimum Gasteiger partial charge on any atom is -0.0616 e. The SMILES string of the molecule is [2H]c1c([2H])c([2H])c(-c2c3c([2H])c([2H])c([2H])c([2H])c3c(-c3c([2H])c([2H])c([2H])c4c([2H])c([2H])c([2H])c([2H])c34)c3c([2H])c([2H])c([2H])c([2H])c23)c(-c2ccc3c(c2)-c2c(cccc2-c2cccc4ccccc24)C3)c1[2H]. The van der Waals surface area contributed by atoms with Crippen molar-refractivity contribution in [3.8, 4) is 55.6 Å². The molecule has 0 heterocycles. The second-order valence-corrected chi connectivity index (χ2v) is 12.9. The Morgan fingerprint density at radius 1 is 0.321 bits per heavy atom. The zero-order chi connectivity index (χ0) is 51.4. The van der Waals surface area contributed by atoms with Crippen LogP contribution in [0.4, 0.5) is 0 Å². The third kappa shape index (κ3) is 4.62. The largest absolute Gasteiger partial charge is 0.0629 e. The van der Waals surface area contributed by atoms with Gasteiger partial charge < -0.3 is 0 Å². The van der Waals surface area contributed by atoms with Crippen LogP contribution in [0.25, 0.3) is 98.7 Å². The van der Waals surface area contributed by atoms with Crippen molar-refractivity contribution in [2.75, 3.05) is 0 Å². The number of fused-ring (bicyclic) bond motifs is 7. The first kappa shape index (κ1) is 16.7. The van der Waals surface area contributed by atoms with E-state index in [1.165, 1.54) is 0 Å². The number of hydrogen-bond acceptors (Lipinski definition) is 0. The molecule has 0 heteroatoms. The molecule has 10 aromatic carbocycles. The van der Waals surface area contributed by atoms with E-state index in [2.05, 4.69) is 0 Å². The molecule has 0 spiro atoms. The van der Waals surface area contributed by atoms with Crippen LogP contribution in [0.15, 0.2) is 194 Å². The predicted molar refractivity (Wildman–Crippen MR) is 226 cm³/mol. The van der Waals surface area contributed by atoms with E-state index in [1.807, 2.05) is 66.7 Å². The van der Waals surface area contributed by atoms with Gasteiger partial charge in [0.15, 0.2) is 0 Å². The fourth-order valence-corrected chi connectivity index (χ4v) is 7.92. The van der Waals surface area contributed by atoms with Crippen molar-refractivity contribution in [1.82, 2.24) is 0 Å². The molecule has 0 radical (unpaired) electrons. The minimum absolute atomic E-state index is 0.164. The van der Waals surface area contributed by atoms with Gasteiger partial charge >= 0.3 is 0 Å². The van der Waals surface area contributed by atoms with Gasteiger partial charge in [-0.05, 0) is 122 Å². The molecule has 0 saturated heterocycles. The van der Waals surface area contributed by atoms with Gasteiger partial charge in [0, 0.05) is 0 Å². The van der Waals surface area contributed by atoms with E-state index >= 15 is 0 Å². The Morgan fingerprint density at radius 3 is 1.70 bits per heavy atom. The van der Waals surface area contributed by atoms with E-state index in [-0.39, 0.29) is 16.7 Å². The predicted octanol–water partition coefficient (Wildman–Crippen LogP) is 14.5. The molecule has 53 heavy (non-hydrogen) atoms. The van der Waals surface area contributed by atoms with E-state index in [0.717, 1.165) is 44.2 Å². The lowest BCUT2D eigenvalue weighted by Gasteiger charge is -2.20. The smallest absolute Gasteiger partial charge is 0.0616 e. The van der Waals surface area contributed by atoms with Gasteiger partial charge in [-0.25, -0.2) is 0 Å². The fourth-order valence-electron chi connectivity index (χ4n) is 7.92. The molecule has 0 aromatic heterocycles. The molecule has 0 nitrogen and oxygen atoms in total. The summed E-state index contributed by atoms with van der Waals surface area (Å²) in [6.45, 7) is 0. The fraction of sp³-hybridized carbons (Fsp3) is 0.0189. The van der Waals surface area contributed by atoms with Crippen LogP contribution in [0, 0.1) is 0 Å². The molecule has 11 rings (SSSR count). The normalized spacial score (nSPS) is 17.1. The van der Waals surface area contributed by atoms with Crippen LogP contribution >= 0.6 is 0 Å². The van der Waals surface area contributed by atoms with Crippen molar-refractivity contribution in [3.05, 3.63) is 205 Å². The first-order valence-electron chi connectivity index (χ1n) is 26.5. The second kappa shape index (κ2) is 11.9. The molecule has 10 aromatic rings. The number of benzene rings is 10. The molecule has 0 N–H and O–H groups in total. The standard InChI is InChI=1S/C53H34/c1-3-19-39-34(14-1)16-11-27-42(39)45-29-13-18-38-32-36-30-31-37(33-50(36)51(38)45)41-21-5-6-22-43(41)52-46-23-7-9-25-48(46)53(49-26-10-8-24-47(49)52)44-28-12-17-35-15-2-4-20-40(35)44/h1-31,33H,32H2/i2D,4D,5D,6D,7D,8D,9D,10D,12D,15D,17D,20D,21D,22D,23D,24D,25D,26D,28D. The van der Waals surface area contributed by atoms with Crippen molar-refractivity contribution in [2.45, 2.75) is 6.42 Å².